The van der Waals surface area contributed by atoms with Crippen LogP contribution < -0.4 is 15.5 Å². The number of hydrogen-bond donors (Lipinski definition) is 1. The Kier molecular flexibility index (Phi) is 4.43. The van der Waals surface area contributed by atoms with E-state index in [0.717, 1.165) is 16.0 Å². The van der Waals surface area contributed by atoms with Crippen molar-refractivity contribution in [3.8, 4) is 5.75 Å². The van der Waals surface area contributed by atoms with Crippen molar-refractivity contribution in [2.75, 3.05) is 12.4 Å². The molecule has 0 fully saturated rings. The highest BCUT2D eigenvalue weighted by molar-refractivity contribution is 7.22. The van der Waals surface area contributed by atoms with Crippen LogP contribution in [0, 0.1) is 0 Å². The number of aromatic nitrogens is 1. The van der Waals surface area contributed by atoms with Gasteiger partial charge in [0.1, 0.15) is 17.6 Å². The molecule has 4 aromatic rings. The maximum atomic E-state index is 12.4. The van der Waals surface area contributed by atoms with Crippen molar-refractivity contribution in [2.45, 2.75) is 0 Å². The van der Waals surface area contributed by atoms with Gasteiger partial charge in [-0.05, 0) is 36.4 Å². The Balaban J connectivity index is 1.54. The van der Waals surface area contributed by atoms with Crippen molar-refractivity contribution in [2.24, 2.45) is 0 Å². The van der Waals surface area contributed by atoms with E-state index in [-0.39, 0.29) is 11.3 Å². The van der Waals surface area contributed by atoms with Gasteiger partial charge in [0.05, 0.1) is 28.3 Å². The van der Waals surface area contributed by atoms with Crippen molar-refractivity contribution in [3.05, 3.63) is 70.6 Å². The molecule has 6 nitrogen and oxygen atoms in total. The summed E-state index contributed by atoms with van der Waals surface area (Å²) >= 11 is 1.34. The molecule has 2 heterocycles. The maximum absolute atomic E-state index is 12.4. The van der Waals surface area contributed by atoms with Gasteiger partial charge in [0.25, 0.3) is 0 Å². The van der Waals surface area contributed by atoms with E-state index >= 15 is 0 Å². The molecule has 0 radical (unpaired) electrons. The zero-order chi connectivity index (χ0) is 18.8. The Hall–Kier alpha value is -3.45. The van der Waals surface area contributed by atoms with E-state index in [0.29, 0.717) is 21.7 Å². The van der Waals surface area contributed by atoms with Gasteiger partial charge in [0.2, 0.25) is 5.91 Å². The minimum atomic E-state index is -0.381. The minimum absolute atomic E-state index is 0.187. The first-order valence-electron chi connectivity index (χ1n) is 8.08. The van der Waals surface area contributed by atoms with Gasteiger partial charge >= 0.3 is 0 Å². The molecule has 2 aromatic carbocycles. The number of benzene rings is 2. The smallest absolute Gasteiger partial charge is 0.250 e. The van der Waals surface area contributed by atoms with Crippen molar-refractivity contribution in [1.82, 2.24) is 4.98 Å². The van der Waals surface area contributed by atoms with Crippen LogP contribution in [0.4, 0.5) is 5.13 Å². The summed E-state index contributed by atoms with van der Waals surface area (Å²) in [5.74, 6) is 0.348. The van der Waals surface area contributed by atoms with Crippen molar-refractivity contribution >= 4 is 49.6 Å². The molecule has 0 saturated carbocycles. The molecule has 134 valence electrons. The van der Waals surface area contributed by atoms with Crippen LogP contribution in [0.1, 0.15) is 5.56 Å². The van der Waals surface area contributed by atoms with Crippen molar-refractivity contribution in [3.63, 3.8) is 0 Å². The van der Waals surface area contributed by atoms with Gasteiger partial charge in [-0.2, -0.15) is 0 Å². The lowest BCUT2D eigenvalue weighted by Crippen LogP contribution is -2.09. The van der Waals surface area contributed by atoms with Crippen LogP contribution in [-0.4, -0.2) is 18.0 Å². The molecule has 0 bridgehead atoms. The quantitative estimate of drug-likeness (QED) is 0.542. The normalized spacial score (nSPS) is 11.3. The average Bonchev–Trinajstić information content (AvgIpc) is 3.08. The Labute approximate surface area is 157 Å². The number of ether oxygens (including phenoxy) is 1. The summed E-state index contributed by atoms with van der Waals surface area (Å²) in [5.41, 5.74) is 1.40. The Morgan fingerprint density at radius 1 is 1.26 bits per heavy atom. The fraction of sp³-hybridized carbons (Fsp3) is 0.0500. The number of para-hydroxylation sites is 1. The Bertz CT molecular complexity index is 1240. The summed E-state index contributed by atoms with van der Waals surface area (Å²) in [7, 11) is 1.60. The first-order valence-corrected chi connectivity index (χ1v) is 8.90. The highest BCUT2D eigenvalue weighted by atomic mass is 32.1. The lowest BCUT2D eigenvalue weighted by atomic mass is 10.1. The molecular formula is C20H14N2O4S. The highest BCUT2D eigenvalue weighted by Crippen LogP contribution is 2.29. The molecule has 0 aliphatic carbocycles. The van der Waals surface area contributed by atoms with E-state index in [1.54, 1.807) is 31.4 Å². The molecular weight excluding hydrogens is 364 g/mol. The van der Waals surface area contributed by atoms with Gasteiger partial charge in [-0.15, -0.1) is 0 Å². The number of nitrogens with zero attached hydrogens (tertiary/aromatic N) is 1. The fourth-order valence-electron chi connectivity index (χ4n) is 2.61. The summed E-state index contributed by atoms with van der Waals surface area (Å²) in [6.07, 6.45) is 4.07. The third-order valence-electron chi connectivity index (χ3n) is 3.95. The molecule has 2 aromatic heterocycles. The van der Waals surface area contributed by atoms with Crippen LogP contribution in [-0.2, 0) is 4.79 Å². The molecule has 0 saturated heterocycles. The number of amides is 1. The molecule has 0 aliphatic rings. The molecule has 0 atom stereocenters. The zero-order valence-electron chi connectivity index (χ0n) is 14.3. The fourth-order valence-corrected chi connectivity index (χ4v) is 3.50. The number of fused-ring (bicyclic) bond motifs is 2. The number of anilines is 1. The second-order valence-electron chi connectivity index (χ2n) is 5.69. The van der Waals surface area contributed by atoms with Gasteiger partial charge in [0.15, 0.2) is 10.6 Å². The van der Waals surface area contributed by atoms with E-state index in [9.17, 15) is 9.59 Å². The molecule has 1 amide bonds. The second-order valence-corrected chi connectivity index (χ2v) is 6.72. The van der Waals surface area contributed by atoms with Gasteiger partial charge in [-0.25, -0.2) is 4.98 Å². The predicted molar refractivity (Wildman–Crippen MR) is 106 cm³/mol. The molecule has 0 unspecified atom stereocenters. The third kappa shape index (κ3) is 3.45. The van der Waals surface area contributed by atoms with Crippen molar-refractivity contribution in [1.29, 1.82) is 0 Å². The summed E-state index contributed by atoms with van der Waals surface area (Å²) in [4.78, 5) is 28.9. The third-order valence-corrected chi connectivity index (χ3v) is 4.88. The monoisotopic (exact) mass is 378 g/mol. The average molecular weight is 378 g/mol. The van der Waals surface area contributed by atoms with E-state index in [4.69, 9.17) is 9.15 Å². The molecule has 0 aliphatic heterocycles. The highest BCUT2D eigenvalue weighted by Gasteiger charge is 2.08. The number of rotatable bonds is 4. The number of hydrogen-bond acceptors (Lipinski definition) is 6. The van der Waals surface area contributed by atoms with Crippen LogP contribution in [0.2, 0.25) is 0 Å². The van der Waals surface area contributed by atoms with Crippen LogP contribution in [0.25, 0.3) is 27.3 Å². The van der Waals surface area contributed by atoms with Crippen LogP contribution in [0.15, 0.2) is 64.0 Å². The topological polar surface area (TPSA) is 81.4 Å². The Morgan fingerprint density at radius 2 is 2.11 bits per heavy atom. The number of carbonyl (C=O) groups is 1. The van der Waals surface area contributed by atoms with Crippen LogP contribution in [0.5, 0.6) is 5.75 Å². The van der Waals surface area contributed by atoms with Crippen molar-refractivity contribution < 1.29 is 13.9 Å². The summed E-state index contributed by atoms with van der Waals surface area (Å²) in [5, 5.41) is 3.65. The first-order chi connectivity index (χ1) is 13.1. The number of methoxy groups -OCH3 is 1. The van der Waals surface area contributed by atoms with Crippen LogP contribution in [0.3, 0.4) is 0 Å². The predicted octanol–water partition coefficient (Wildman–Crippen LogP) is 4.06. The standard InChI is InChI=1S/C20H14N2O4S/c1-25-13-7-8-15-17(10-13)27-20(21-15)22-18(23)9-6-12-11-26-16-5-3-2-4-14(16)19(12)24/h2-11H,1H3,(H,21,22,23)/b9-6+. The van der Waals surface area contributed by atoms with E-state index in [2.05, 4.69) is 10.3 Å². The lowest BCUT2D eigenvalue weighted by molar-refractivity contribution is -0.111. The molecule has 7 heteroatoms. The zero-order valence-corrected chi connectivity index (χ0v) is 15.1. The van der Waals surface area contributed by atoms with Gasteiger partial charge in [-0.3, -0.25) is 14.9 Å². The molecule has 4 rings (SSSR count). The van der Waals surface area contributed by atoms with E-state index in [1.807, 2.05) is 18.2 Å². The second kappa shape index (κ2) is 7.05. The molecule has 0 spiro atoms. The first kappa shape index (κ1) is 17.0. The largest absolute Gasteiger partial charge is 0.497 e. The van der Waals surface area contributed by atoms with E-state index < -0.39 is 0 Å². The van der Waals surface area contributed by atoms with Gasteiger partial charge in [-0.1, -0.05) is 23.5 Å². The van der Waals surface area contributed by atoms with Crippen LogP contribution >= 0.6 is 11.3 Å². The summed E-state index contributed by atoms with van der Waals surface area (Å²) in [6, 6.07) is 12.5. The molecule has 27 heavy (non-hydrogen) atoms. The number of nitrogens with one attached hydrogen (secondary N) is 1. The maximum Gasteiger partial charge on any atom is 0.250 e. The number of carbonyl (C=O) groups excluding carboxylic acids is 1. The summed E-state index contributed by atoms with van der Waals surface area (Å²) in [6.45, 7) is 0. The Morgan fingerprint density at radius 3 is 2.96 bits per heavy atom. The van der Waals surface area contributed by atoms with Gasteiger partial charge < -0.3 is 9.15 Å². The minimum Gasteiger partial charge on any atom is -0.497 e. The lowest BCUT2D eigenvalue weighted by Gasteiger charge is -1.98. The molecule has 1 N–H and O–H groups in total. The van der Waals surface area contributed by atoms with E-state index in [1.165, 1.54) is 29.8 Å². The summed E-state index contributed by atoms with van der Waals surface area (Å²) < 4.78 is 11.5. The SMILES string of the molecule is COc1ccc2nc(NC(=O)/C=C/c3coc4ccccc4c3=O)sc2c1. The van der Waals surface area contributed by atoms with Gasteiger partial charge in [0, 0.05) is 6.08 Å². The number of thiazole rings is 1.